The van der Waals surface area contributed by atoms with Gasteiger partial charge in [-0.1, -0.05) is 42.5 Å². The number of nitrogens with zero attached hydrogens (tertiary/aromatic N) is 2. The second-order valence-electron chi connectivity index (χ2n) is 5.57. The van der Waals surface area contributed by atoms with Gasteiger partial charge in [0.25, 0.3) is 5.91 Å². The van der Waals surface area contributed by atoms with Crippen LogP contribution in [0.25, 0.3) is 11.1 Å². The number of carbonyl (C=O) groups is 1. The van der Waals surface area contributed by atoms with Crippen LogP contribution in [0.3, 0.4) is 0 Å². The van der Waals surface area contributed by atoms with Gasteiger partial charge in [-0.25, -0.2) is 0 Å². The van der Waals surface area contributed by atoms with Gasteiger partial charge < -0.3 is 5.32 Å². The van der Waals surface area contributed by atoms with Gasteiger partial charge in [-0.3, -0.25) is 9.48 Å². The van der Waals surface area contributed by atoms with Gasteiger partial charge in [0.2, 0.25) is 0 Å². The van der Waals surface area contributed by atoms with Crippen molar-refractivity contribution in [3.8, 4) is 11.1 Å². The minimum atomic E-state index is -0.121. The predicted octanol–water partition coefficient (Wildman–Crippen LogP) is 3.96. The normalized spacial score (nSPS) is 10.6. The zero-order valence-corrected chi connectivity index (χ0v) is 13.5. The van der Waals surface area contributed by atoms with E-state index in [0.717, 1.165) is 28.2 Å². The Kier molecular flexibility index (Phi) is 3.98. The Balaban J connectivity index is 1.81. The Hall–Kier alpha value is -2.88. The number of aromatic nitrogens is 2. The van der Waals surface area contributed by atoms with E-state index < -0.39 is 0 Å². The molecule has 0 aliphatic carbocycles. The van der Waals surface area contributed by atoms with Crippen molar-refractivity contribution in [3.63, 3.8) is 0 Å². The molecule has 4 heteroatoms. The minimum Gasteiger partial charge on any atom is -0.319 e. The molecule has 0 aliphatic heterocycles. The van der Waals surface area contributed by atoms with Crippen molar-refractivity contribution in [2.45, 2.75) is 13.8 Å². The molecule has 0 spiro atoms. The summed E-state index contributed by atoms with van der Waals surface area (Å²) in [5.74, 6) is -0.121. The molecule has 0 atom stereocenters. The highest BCUT2D eigenvalue weighted by Gasteiger charge is 2.13. The zero-order valence-electron chi connectivity index (χ0n) is 13.5. The maximum atomic E-state index is 12.4. The van der Waals surface area contributed by atoms with Crippen LogP contribution in [0.4, 0.5) is 5.69 Å². The number of amides is 1. The lowest BCUT2D eigenvalue weighted by Gasteiger charge is -2.07. The maximum Gasteiger partial charge on any atom is 0.255 e. The Bertz CT molecular complexity index is 833. The molecule has 3 rings (SSSR count). The molecule has 1 heterocycles. The van der Waals surface area contributed by atoms with E-state index in [1.807, 2.05) is 63.4 Å². The fraction of sp³-hybridized carbons (Fsp3) is 0.158. The Morgan fingerprint density at radius 1 is 0.957 bits per heavy atom. The first-order valence-electron chi connectivity index (χ1n) is 7.53. The summed E-state index contributed by atoms with van der Waals surface area (Å²) in [6.07, 6.45) is 0. The van der Waals surface area contributed by atoms with Gasteiger partial charge in [0.05, 0.1) is 17.1 Å². The van der Waals surface area contributed by atoms with Crippen LogP contribution in [0, 0.1) is 13.8 Å². The number of nitrogens with one attached hydrogen (secondary N) is 1. The van der Waals surface area contributed by atoms with Gasteiger partial charge >= 0.3 is 0 Å². The molecular weight excluding hydrogens is 286 g/mol. The predicted molar refractivity (Wildman–Crippen MR) is 92.5 cm³/mol. The van der Waals surface area contributed by atoms with E-state index in [9.17, 15) is 4.79 Å². The minimum absolute atomic E-state index is 0.121. The van der Waals surface area contributed by atoms with E-state index in [-0.39, 0.29) is 5.91 Å². The maximum absolute atomic E-state index is 12.4. The van der Waals surface area contributed by atoms with Crippen LogP contribution in [0.5, 0.6) is 0 Å². The molecule has 1 amide bonds. The molecule has 0 saturated heterocycles. The molecule has 0 radical (unpaired) electrons. The summed E-state index contributed by atoms with van der Waals surface area (Å²) in [6, 6.07) is 17.7. The van der Waals surface area contributed by atoms with E-state index in [1.165, 1.54) is 0 Å². The standard InChI is InChI=1S/C19H19N3O/c1-13-18(14(2)22(3)21-13)20-19(23)17-11-9-16(10-12-17)15-7-5-4-6-8-15/h4-12H,1-3H3,(H,20,23). The third-order valence-electron chi connectivity index (χ3n) is 4.00. The lowest BCUT2D eigenvalue weighted by Crippen LogP contribution is -2.13. The average Bonchev–Trinajstić information content (AvgIpc) is 2.82. The van der Waals surface area contributed by atoms with Gasteiger partial charge in [0.15, 0.2) is 0 Å². The molecule has 0 unspecified atom stereocenters. The van der Waals surface area contributed by atoms with Crippen molar-refractivity contribution in [2.75, 3.05) is 5.32 Å². The quantitative estimate of drug-likeness (QED) is 0.796. The smallest absolute Gasteiger partial charge is 0.255 e. The molecule has 0 saturated carbocycles. The summed E-state index contributed by atoms with van der Waals surface area (Å²) in [6.45, 7) is 3.83. The van der Waals surface area contributed by atoms with Crippen LogP contribution in [0.1, 0.15) is 21.7 Å². The topological polar surface area (TPSA) is 46.9 Å². The SMILES string of the molecule is Cc1nn(C)c(C)c1NC(=O)c1ccc(-c2ccccc2)cc1. The fourth-order valence-corrected chi connectivity index (χ4v) is 2.58. The highest BCUT2D eigenvalue weighted by atomic mass is 16.1. The lowest BCUT2D eigenvalue weighted by atomic mass is 10.0. The van der Waals surface area contributed by atoms with Crippen LogP contribution in [0.15, 0.2) is 54.6 Å². The number of rotatable bonds is 3. The molecule has 1 N–H and O–H groups in total. The Morgan fingerprint density at radius 2 is 1.57 bits per heavy atom. The van der Waals surface area contributed by atoms with E-state index in [0.29, 0.717) is 5.56 Å². The summed E-state index contributed by atoms with van der Waals surface area (Å²) in [7, 11) is 1.87. The third-order valence-corrected chi connectivity index (χ3v) is 4.00. The molecular formula is C19H19N3O. The molecule has 116 valence electrons. The van der Waals surface area contributed by atoms with Gasteiger partial charge in [-0.2, -0.15) is 5.10 Å². The Labute approximate surface area is 135 Å². The van der Waals surface area contributed by atoms with E-state index >= 15 is 0 Å². The number of hydrogen-bond donors (Lipinski definition) is 1. The summed E-state index contributed by atoms with van der Waals surface area (Å²) in [4.78, 5) is 12.4. The van der Waals surface area contributed by atoms with E-state index in [2.05, 4.69) is 22.5 Å². The first kappa shape index (κ1) is 15.0. The summed E-state index contributed by atoms with van der Waals surface area (Å²) >= 11 is 0. The molecule has 0 fully saturated rings. The monoisotopic (exact) mass is 305 g/mol. The third kappa shape index (κ3) is 3.01. The van der Waals surface area contributed by atoms with Crippen molar-refractivity contribution in [1.82, 2.24) is 9.78 Å². The van der Waals surface area contributed by atoms with Crippen molar-refractivity contribution >= 4 is 11.6 Å². The molecule has 4 nitrogen and oxygen atoms in total. The number of aryl methyl sites for hydroxylation is 2. The van der Waals surface area contributed by atoms with Crippen molar-refractivity contribution in [2.24, 2.45) is 7.05 Å². The molecule has 0 bridgehead atoms. The van der Waals surface area contributed by atoms with Crippen LogP contribution in [-0.2, 0) is 7.05 Å². The highest BCUT2D eigenvalue weighted by Crippen LogP contribution is 2.21. The second-order valence-corrected chi connectivity index (χ2v) is 5.57. The molecule has 1 aromatic heterocycles. The van der Waals surface area contributed by atoms with Crippen LogP contribution in [0.2, 0.25) is 0 Å². The molecule has 0 aliphatic rings. The highest BCUT2D eigenvalue weighted by molar-refractivity contribution is 6.05. The second kappa shape index (κ2) is 6.08. The zero-order chi connectivity index (χ0) is 16.4. The van der Waals surface area contributed by atoms with E-state index in [4.69, 9.17) is 0 Å². The first-order valence-corrected chi connectivity index (χ1v) is 7.53. The average molecular weight is 305 g/mol. The van der Waals surface area contributed by atoms with E-state index in [1.54, 1.807) is 4.68 Å². The number of anilines is 1. The van der Waals surface area contributed by atoms with Crippen molar-refractivity contribution < 1.29 is 4.79 Å². The van der Waals surface area contributed by atoms with Crippen LogP contribution >= 0.6 is 0 Å². The first-order chi connectivity index (χ1) is 11.1. The summed E-state index contributed by atoms with van der Waals surface area (Å²) in [5.41, 5.74) is 5.40. The fourth-order valence-electron chi connectivity index (χ4n) is 2.58. The van der Waals surface area contributed by atoms with Crippen molar-refractivity contribution in [1.29, 1.82) is 0 Å². The van der Waals surface area contributed by atoms with Gasteiger partial charge in [-0.15, -0.1) is 0 Å². The number of carbonyl (C=O) groups excluding carboxylic acids is 1. The van der Waals surface area contributed by atoms with Gasteiger partial charge in [0.1, 0.15) is 0 Å². The molecule has 3 aromatic rings. The number of hydrogen-bond acceptors (Lipinski definition) is 2. The van der Waals surface area contributed by atoms with Crippen molar-refractivity contribution in [3.05, 3.63) is 71.5 Å². The molecule has 2 aromatic carbocycles. The largest absolute Gasteiger partial charge is 0.319 e. The summed E-state index contributed by atoms with van der Waals surface area (Å²) < 4.78 is 1.77. The Morgan fingerprint density at radius 3 is 2.13 bits per heavy atom. The van der Waals surface area contributed by atoms with Crippen LogP contribution < -0.4 is 5.32 Å². The van der Waals surface area contributed by atoms with Gasteiger partial charge in [0, 0.05) is 12.6 Å². The van der Waals surface area contributed by atoms with Crippen LogP contribution in [-0.4, -0.2) is 15.7 Å². The molecule has 23 heavy (non-hydrogen) atoms. The number of benzene rings is 2. The summed E-state index contributed by atoms with van der Waals surface area (Å²) in [5, 5.41) is 7.27. The lowest BCUT2D eigenvalue weighted by molar-refractivity contribution is 0.102. The van der Waals surface area contributed by atoms with Gasteiger partial charge in [-0.05, 0) is 37.1 Å².